The Morgan fingerprint density at radius 1 is 1.12 bits per heavy atom. The van der Waals surface area contributed by atoms with Crippen LogP contribution in [0.3, 0.4) is 0 Å². The van der Waals surface area contributed by atoms with E-state index >= 15 is 0 Å². The minimum Gasteiger partial charge on any atom is -0.494 e. The third-order valence-corrected chi connectivity index (χ3v) is 5.30. The molecule has 0 aliphatic rings. The maximum atomic E-state index is 12.3. The Morgan fingerprint density at radius 2 is 1.88 bits per heavy atom. The Balaban J connectivity index is 1.56. The largest absolute Gasteiger partial charge is 0.494 e. The van der Waals surface area contributed by atoms with Gasteiger partial charge in [-0.3, -0.25) is 10.1 Å². The molecule has 3 rings (SSSR count). The van der Waals surface area contributed by atoms with Gasteiger partial charge < -0.3 is 4.74 Å². The van der Waals surface area contributed by atoms with Crippen molar-refractivity contribution in [3.05, 3.63) is 65.7 Å². The number of aromatic nitrogens is 2. The minimum absolute atomic E-state index is 0.209. The fourth-order valence-corrected chi connectivity index (χ4v) is 3.78. The first-order chi connectivity index (χ1) is 12.2. The molecule has 1 N–H and O–H groups in total. The number of hydrogen-bond donors (Lipinski definition) is 1. The predicted octanol–water partition coefficient (Wildman–Crippen LogP) is 4.48. The van der Waals surface area contributed by atoms with Crippen molar-refractivity contribution in [1.82, 2.24) is 10.2 Å². The normalized spacial score (nSPS) is 10.4. The number of ether oxygens (including phenoxy) is 1. The van der Waals surface area contributed by atoms with E-state index in [-0.39, 0.29) is 5.91 Å². The van der Waals surface area contributed by atoms with Crippen LogP contribution in [0.1, 0.15) is 22.8 Å². The summed E-state index contributed by atoms with van der Waals surface area (Å²) in [5, 5.41) is 11.4. The fourth-order valence-electron chi connectivity index (χ4n) is 2.08. The molecule has 0 fully saturated rings. The molecule has 0 saturated carbocycles. The number of carbonyl (C=O) groups is 1. The van der Waals surface area contributed by atoms with E-state index in [0.717, 1.165) is 15.8 Å². The molecule has 0 spiro atoms. The van der Waals surface area contributed by atoms with Gasteiger partial charge in [0.25, 0.3) is 5.91 Å². The van der Waals surface area contributed by atoms with Crippen molar-refractivity contribution < 1.29 is 9.53 Å². The summed E-state index contributed by atoms with van der Waals surface area (Å²) in [5.74, 6) is 1.36. The SMILES string of the molecule is CCOc1ccc(C(=O)Nc2nnc(SCc3ccccc3)s2)cc1. The molecule has 3 aromatic rings. The lowest BCUT2D eigenvalue weighted by Gasteiger charge is -2.04. The lowest BCUT2D eigenvalue weighted by molar-refractivity contribution is 0.102. The minimum atomic E-state index is -0.209. The first-order valence-electron chi connectivity index (χ1n) is 7.79. The summed E-state index contributed by atoms with van der Waals surface area (Å²) in [7, 11) is 0. The topological polar surface area (TPSA) is 64.1 Å². The number of thioether (sulfide) groups is 1. The van der Waals surface area contributed by atoms with E-state index in [9.17, 15) is 4.79 Å². The molecule has 0 aliphatic heterocycles. The number of benzene rings is 2. The molecule has 5 nitrogen and oxygen atoms in total. The van der Waals surface area contributed by atoms with Crippen LogP contribution >= 0.6 is 23.1 Å². The summed E-state index contributed by atoms with van der Waals surface area (Å²) >= 11 is 2.97. The van der Waals surface area contributed by atoms with E-state index in [1.54, 1.807) is 36.0 Å². The van der Waals surface area contributed by atoms with E-state index in [1.807, 2.05) is 25.1 Å². The molecule has 0 unspecified atom stereocenters. The Kier molecular flexibility index (Phi) is 6.03. The van der Waals surface area contributed by atoms with Crippen molar-refractivity contribution in [2.75, 3.05) is 11.9 Å². The van der Waals surface area contributed by atoms with Gasteiger partial charge in [-0.2, -0.15) is 0 Å². The van der Waals surface area contributed by atoms with Crippen molar-refractivity contribution in [2.24, 2.45) is 0 Å². The molecule has 2 aromatic carbocycles. The third kappa shape index (κ3) is 5.04. The monoisotopic (exact) mass is 371 g/mol. The molecular weight excluding hydrogens is 354 g/mol. The van der Waals surface area contributed by atoms with Crippen LogP contribution in [0.5, 0.6) is 5.75 Å². The Hall–Kier alpha value is -2.38. The second-order valence-electron chi connectivity index (χ2n) is 5.06. The van der Waals surface area contributed by atoms with Gasteiger partial charge in [0, 0.05) is 11.3 Å². The van der Waals surface area contributed by atoms with Gasteiger partial charge >= 0.3 is 0 Å². The lowest BCUT2D eigenvalue weighted by Crippen LogP contribution is -2.11. The highest BCUT2D eigenvalue weighted by Gasteiger charge is 2.11. The van der Waals surface area contributed by atoms with Crippen molar-refractivity contribution >= 4 is 34.1 Å². The first-order valence-corrected chi connectivity index (χ1v) is 9.59. The molecule has 0 atom stereocenters. The summed E-state index contributed by atoms with van der Waals surface area (Å²) in [6.07, 6.45) is 0. The number of nitrogens with one attached hydrogen (secondary N) is 1. The Bertz CT molecular complexity index is 820. The zero-order chi connectivity index (χ0) is 17.5. The highest BCUT2D eigenvalue weighted by Crippen LogP contribution is 2.28. The summed E-state index contributed by atoms with van der Waals surface area (Å²) in [6.45, 7) is 2.52. The van der Waals surface area contributed by atoms with Gasteiger partial charge in [0.1, 0.15) is 5.75 Å². The van der Waals surface area contributed by atoms with Crippen LogP contribution in [0.25, 0.3) is 0 Å². The van der Waals surface area contributed by atoms with Crippen LogP contribution < -0.4 is 10.1 Å². The van der Waals surface area contributed by atoms with Crippen molar-refractivity contribution in [3.63, 3.8) is 0 Å². The van der Waals surface area contributed by atoms with E-state index in [1.165, 1.54) is 16.9 Å². The average Bonchev–Trinajstić information content (AvgIpc) is 3.09. The molecule has 25 heavy (non-hydrogen) atoms. The molecule has 0 saturated heterocycles. The number of hydrogen-bond acceptors (Lipinski definition) is 6. The zero-order valence-electron chi connectivity index (χ0n) is 13.6. The van der Waals surface area contributed by atoms with E-state index in [0.29, 0.717) is 17.3 Å². The van der Waals surface area contributed by atoms with Gasteiger partial charge in [-0.05, 0) is 36.8 Å². The average molecular weight is 371 g/mol. The Labute approximate surface area is 154 Å². The van der Waals surface area contributed by atoms with Crippen LogP contribution in [-0.2, 0) is 5.75 Å². The highest BCUT2D eigenvalue weighted by molar-refractivity contribution is 8.00. The van der Waals surface area contributed by atoms with Crippen LogP contribution in [0.15, 0.2) is 58.9 Å². The Morgan fingerprint density at radius 3 is 2.60 bits per heavy atom. The fraction of sp³-hybridized carbons (Fsp3) is 0.167. The van der Waals surface area contributed by atoms with Gasteiger partial charge in [0.2, 0.25) is 5.13 Å². The standard InChI is InChI=1S/C18H17N3O2S2/c1-2-23-15-10-8-14(9-11-15)16(22)19-17-20-21-18(25-17)24-12-13-6-4-3-5-7-13/h3-11H,2,12H2,1H3,(H,19,20,22). The molecule has 128 valence electrons. The summed E-state index contributed by atoms with van der Waals surface area (Å²) in [6, 6.07) is 17.2. The third-order valence-electron chi connectivity index (χ3n) is 3.26. The lowest BCUT2D eigenvalue weighted by atomic mass is 10.2. The molecule has 0 aliphatic carbocycles. The highest BCUT2D eigenvalue weighted by atomic mass is 32.2. The second kappa shape index (κ2) is 8.64. The number of amides is 1. The summed E-state index contributed by atoms with van der Waals surface area (Å²) in [5.41, 5.74) is 1.78. The smallest absolute Gasteiger partial charge is 0.257 e. The van der Waals surface area contributed by atoms with Gasteiger partial charge in [-0.25, -0.2) is 0 Å². The van der Waals surface area contributed by atoms with Crippen LogP contribution in [0.4, 0.5) is 5.13 Å². The van der Waals surface area contributed by atoms with E-state index in [2.05, 4.69) is 27.6 Å². The number of rotatable bonds is 7. The van der Waals surface area contributed by atoms with E-state index < -0.39 is 0 Å². The number of nitrogens with zero attached hydrogens (tertiary/aromatic N) is 2. The van der Waals surface area contributed by atoms with Crippen LogP contribution in [0, 0.1) is 0 Å². The van der Waals surface area contributed by atoms with Crippen LogP contribution in [-0.4, -0.2) is 22.7 Å². The molecule has 1 heterocycles. The van der Waals surface area contributed by atoms with Gasteiger partial charge in [-0.1, -0.05) is 53.4 Å². The van der Waals surface area contributed by atoms with Gasteiger partial charge in [0.15, 0.2) is 4.34 Å². The number of anilines is 1. The van der Waals surface area contributed by atoms with Gasteiger partial charge in [-0.15, -0.1) is 10.2 Å². The second-order valence-corrected chi connectivity index (χ2v) is 7.26. The summed E-state index contributed by atoms with van der Waals surface area (Å²) < 4.78 is 6.20. The van der Waals surface area contributed by atoms with Crippen molar-refractivity contribution in [3.8, 4) is 5.75 Å². The van der Waals surface area contributed by atoms with E-state index in [4.69, 9.17) is 4.74 Å². The van der Waals surface area contributed by atoms with Crippen molar-refractivity contribution in [2.45, 2.75) is 17.0 Å². The molecule has 0 bridgehead atoms. The number of carbonyl (C=O) groups excluding carboxylic acids is 1. The maximum absolute atomic E-state index is 12.3. The van der Waals surface area contributed by atoms with Gasteiger partial charge in [0.05, 0.1) is 6.61 Å². The molecule has 0 radical (unpaired) electrons. The van der Waals surface area contributed by atoms with Crippen molar-refractivity contribution in [1.29, 1.82) is 0 Å². The van der Waals surface area contributed by atoms with Crippen LogP contribution in [0.2, 0.25) is 0 Å². The first kappa shape index (κ1) is 17.4. The molecular formula is C18H17N3O2S2. The molecule has 1 aromatic heterocycles. The quantitative estimate of drug-likeness (QED) is 0.490. The zero-order valence-corrected chi connectivity index (χ0v) is 15.3. The predicted molar refractivity (Wildman–Crippen MR) is 101 cm³/mol. The molecule has 1 amide bonds. The summed E-state index contributed by atoms with van der Waals surface area (Å²) in [4.78, 5) is 12.3. The maximum Gasteiger partial charge on any atom is 0.257 e. The molecule has 7 heteroatoms.